The summed E-state index contributed by atoms with van der Waals surface area (Å²) < 4.78 is 5.38. The molecule has 0 unspecified atom stereocenters. The summed E-state index contributed by atoms with van der Waals surface area (Å²) in [5, 5.41) is 17.7. The van der Waals surface area contributed by atoms with E-state index < -0.39 is 7.12 Å². The van der Waals surface area contributed by atoms with Gasteiger partial charge in [-0.15, -0.1) is 0 Å². The highest BCUT2D eigenvalue weighted by Crippen LogP contribution is 2.24. The van der Waals surface area contributed by atoms with E-state index in [1.807, 2.05) is 0 Å². The SMILES string of the molecule is OB(O)c1ccnc(OC2CC2)c1. The summed E-state index contributed by atoms with van der Waals surface area (Å²) in [5.74, 6) is 0.466. The van der Waals surface area contributed by atoms with E-state index in [4.69, 9.17) is 14.8 Å². The van der Waals surface area contributed by atoms with Crippen molar-refractivity contribution in [2.24, 2.45) is 0 Å². The highest BCUT2D eigenvalue weighted by molar-refractivity contribution is 6.58. The van der Waals surface area contributed by atoms with Crippen LogP contribution in [0.15, 0.2) is 18.3 Å². The van der Waals surface area contributed by atoms with Crippen LogP contribution in [0.25, 0.3) is 0 Å². The van der Waals surface area contributed by atoms with Crippen LogP contribution in [0.2, 0.25) is 0 Å². The summed E-state index contributed by atoms with van der Waals surface area (Å²) >= 11 is 0. The fraction of sp³-hybridized carbons (Fsp3) is 0.375. The Balaban J connectivity index is 2.11. The normalized spacial score (nSPS) is 15.5. The van der Waals surface area contributed by atoms with Crippen LogP contribution >= 0.6 is 0 Å². The second kappa shape index (κ2) is 3.36. The molecule has 0 spiro atoms. The molecule has 0 aliphatic heterocycles. The Bertz CT molecular complexity index is 301. The van der Waals surface area contributed by atoms with Crippen LogP contribution in [0, 0.1) is 0 Å². The first-order valence-corrected chi connectivity index (χ1v) is 4.24. The Morgan fingerprint density at radius 2 is 2.23 bits per heavy atom. The third kappa shape index (κ3) is 2.20. The fourth-order valence-electron chi connectivity index (χ4n) is 1.01. The number of ether oxygens (including phenoxy) is 1. The lowest BCUT2D eigenvalue weighted by Crippen LogP contribution is -2.29. The Hall–Kier alpha value is -1.07. The van der Waals surface area contributed by atoms with Gasteiger partial charge in [-0.25, -0.2) is 4.98 Å². The topological polar surface area (TPSA) is 62.6 Å². The van der Waals surface area contributed by atoms with Crippen molar-refractivity contribution in [3.63, 3.8) is 0 Å². The number of hydrogen-bond donors (Lipinski definition) is 2. The molecule has 0 radical (unpaired) electrons. The van der Waals surface area contributed by atoms with Crippen LogP contribution in [0.3, 0.4) is 0 Å². The van der Waals surface area contributed by atoms with Crippen LogP contribution in [-0.2, 0) is 0 Å². The predicted octanol–water partition coefficient (Wildman–Crippen LogP) is -0.697. The van der Waals surface area contributed by atoms with Gasteiger partial charge in [0.2, 0.25) is 5.88 Å². The summed E-state index contributed by atoms with van der Waals surface area (Å²) in [6.07, 6.45) is 3.91. The molecule has 4 nitrogen and oxygen atoms in total. The second-order valence-corrected chi connectivity index (χ2v) is 3.12. The van der Waals surface area contributed by atoms with Crippen molar-refractivity contribution in [3.8, 4) is 5.88 Å². The standard InChI is InChI=1S/C8H10BNO3/c11-9(12)6-3-4-10-8(5-6)13-7-1-2-7/h3-5,7,11-12H,1-2H2. The molecule has 1 heterocycles. The Morgan fingerprint density at radius 3 is 2.85 bits per heavy atom. The van der Waals surface area contributed by atoms with Gasteiger partial charge in [-0.3, -0.25) is 0 Å². The second-order valence-electron chi connectivity index (χ2n) is 3.12. The molecular weight excluding hydrogens is 169 g/mol. The molecule has 1 fully saturated rings. The zero-order valence-electron chi connectivity index (χ0n) is 7.05. The molecule has 0 atom stereocenters. The van der Waals surface area contributed by atoms with Crippen molar-refractivity contribution in [2.45, 2.75) is 18.9 Å². The van der Waals surface area contributed by atoms with Crippen LogP contribution in [-0.4, -0.2) is 28.3 Å². The summed E-state index contributed by atoms with van der Waals surface area (Å²) in [4.78, 5) is 3.96. The zero-order chi connectivity index (χ0) is 9.26. The molecule has 1 saturated carbocycles. The lowest BCUT2D eigenvalue weighted by molar-refractivity contribution is 0.291. The largest absolute Gasteiger partial charge is 0.488 e. The van der Waals surface area contributed by atoms with Crippen molar-refractivity contribution in [3.05, 3.63) is 18.3 Å². The van der Waals surface area contributed by atoms with Gasteiger partial charge in [-0.05, 0) is 24.4 Å². The van der Waals surface area contributed by atoms with Crippen LogP contribution < -0.4 is 10.2 Å². The van der Waals surface area contributed by atoms with Gasteiger partial charge in [0.15, 0.2) is 0 Å². The zero-order valence-corrected chi connectivity index (χ0v) is 7.05. The summed E-state index contributed by atoms with van der Waals surface area (Å²) in [6, 6.07) is 3.09. The highest BCUT2D eigenvalue weighted by atomic mass is 16.5. The monoisotopic (exact) mass is 179 g/mol. The van der Waals surface area contributed by atoms with Gasteiger partial charge < -0.3 is 14.8 Å². The molecule has 0 bridgehead atoms. The Labute approximate surface area is 76.3 Å². The van der Waals surface area contributed by atoms with Gasteiger partial charge in [-0.1, -0.05) is 0 Å². The first-order valence-electron chi connectivity index (χ1n) is 4.24. The van der Waals surface area contributed by atoms with Crippen molar-refractivity contribution in [1.29, 1.82) is 0 Å². The lowest BCUT2D eigenvalue weighted by Gasteiger charge is -2.04. The van der Waals surface area contributed by atoms with Crippen molar-refractivity contribution >= 4 is 12.6 Å². The number of rotatable bonds is 3. The van der Waals surface area contributed by atoms with Crippen molar-refractivity contribution < 1.29 is 14.8 Å². The van der Waals surface area contributed by atoms with E-state index in [2.05, 4.69) is 4.98 Å². The molecule has 0 amide bonds. The molecule has 1 aliphatic rings. The number of aromatic nitrogens is 1. The third-order valence-corrected chi connectivity index (χ3v) is 1.87. The van der Waals surface area contributed by atoms with E-state index in [-0.39, 0.29) is 6.10 Å². The Kier molecular flexibility index (Phi) is 2.20. The molecule has 5 heteroatoms. The first kappa shape index (κ1) is 8.53. The van der Waals surface area contributed by atoms with Crippen LogP contribution in [0.5, 0.6) is 5.88 Å². The molecule has 0 aromatic carbocycles. The van der Waals surface area contributed by atoms with E-state index in [0.717, 1.165) is 12.8 Å². The molecule has 0 saturated heterocycles. The molecular formula is C8H10BNO3. The van der Waals surface area contributed by atoms with Gasteiger partial charge in [0.25, 0.3) is 0 Å². The summed E-state index contributed by atoms with van der Waals surface area (Å²) in [6.45, 7) is 0. The van der Waals surface area contributed by atoms with Gasteiger partial charge in [0.05, 0.1) is 0 Å². The Morgan fingerprint density at radius 1 is 1.46 bits per heavy atom. The molecule has 1 aliphatic carbocycles. The highest BCUT2D eigenvalue weighted by Gasteiger charge is 2.24. The maximum Gasteiger partial charge on any atom is 0.488 e. The summed E-state index contributed by atoms with van der Waals surface area (Å²) in [7, 11) is -1.45. The molecule has 13 heavy (non-hydrogen) atoms. The minimum Gasteiger partial charge on any atom is -0.474 e. The van der Waals surface area contributed by atoms with Gasteiger partial charge in [0.1, 0.15) is 6.10 Å². The summed E-state index contributed by atoms with van der Waals surface area (Å²) in [5.41, 5.74) is 0.408. The maximum atomic E-state index is 8.87. The molecule has 2 N–H and O–H groups in total. The smallest absolute Gasteiger partial charge is 0.474 e. The molecule has 1 aromatic rings. The van der Waals surface area contributed by atoms with Crippen molar-refractivity contribution in [1.82, 2.24) is 4.98 Å². The lowest BCUT2D eigenvalue weighted by atomic mass is 9.81. The molecule has 68 valence electrons. The maximum absolute atomic E-state index is 8.87. The van der Waals surface area contributed by atoms with Crippen LogP contribution in [0.4, 0.5) is 0 Å². The minimum atomic E-state index is -1.45. The molecule has 2 rings (SSSR count). The number of hydrogen-bond acceptors (Lipinski definition) is 4. The van der Waals surface area contributed by atoms with E-state index in [0.29, 0.717) is 11.3 Å². The van der Waals surface area contributed by atoms with E-state index in [1.165, 1.54) is 6.20 Å². The van der Waals surface area contributed by atoms with Crippen molar-refractivity contribution in [2.75, 3.05) is 0 Å². The number of nitrogens with zero attached hydrogens (tertiary/aromatic N) is 1. The average molecular weight is 179 g/mol. The van der Waals surface area contributed by atoms with E-state index >= 15 is 0 Å². The molecule has 1 aromatic heterocycles. The fourth-order valence-corrected chi connectivity index (χ4v) is 1.01. The third-order valence-electron chi connectivity index (χ3n) is 1.87. The van der Waals surface area contributed by atoms with Gasteiger partial charge in [-0.2, -0.15) is 0 Å². The average Bonchev–Trinajstić information content (AvgIpc) is 2.89. The predicted molar refractivity (Wildman–Crippen MR) is 47.7 cm³/mol. The minimum absolute atomic E-state index is 0.276. The first-order chi connectivity index (χ1) is 6.25. The van der Waals surface area contributed by atoms with E-state index in [1.54, 1.807) is 12.1 Å². The van der Waals surface area contributed by atoms with Crippen LogP contribution in [0.1, 0.15) is 12.8 Å². The quantitative estimate of drug-likeness (QED) is 0.602. The number of pyridine rings is 1. The van der Waals surface area contributed by atoms with Gasteiger partial charge >= 0.3 is 7.12 Å². The van der Waals surface area contributed by atoms with E-state index in [9.17, 15) is 0 Å². The van der Waals surface area contributed by atoms with Gasteiger partial charge in [0, 0.05) is 12.3 Å².